The number of amides is 1. The number of hydrogen-bond acceptors (Lipinski definition) is 3. The van der Waals surface area contributed by atoms with Gasteiger partial charge < -0.3 is 19.7 Å². The zero-order valence-electron chi connectivity index (χ0n) is 13.1. The first-order valence-electron chi connectivity index (χ1n) is 8.19. The van der Waals surface area contributed by atoms with E-state index < -0.39 is 12.2 Å². The number of aliphatic hydroxyl groups is 1. The van der Waals surface area contributed by atoms with Crippen molar-refractivity contribution in [2.24, 2.45) is 0 Å². The summed E-state index contributed by atoms with van der Waals surface area (Å²) in [6, 6.07) is 6.11. The molecule has 122 valence electrons. The molecule has 0 radical (unpaired) electrons. The number of fused-ring (bicyclic) bond motifs is 1. The van der Waals surface area contributed by atoms with Crippen LogP contribution in [-0.4, -0.2) is 50.0 Å². The molecule has 1 aromatic carbocycles. The molecule has 1 aliphatic carbocycles. The van der Waals surface area contributed by atoms with Crippen molar-refractivity contribution in [3.05, 3.63) is 29.6 Å². The van der Waals surface area contributed by atoms with Crippen LogP contribution < -0.4 is 0 Å². The third-order valence-corrected chi connectivity index (χ3v) is 4.96. The van der Waals surface area contributed by atoms with Crippen LogP contribution in [0, 0.1) is 6.92 Å². The normalized spacial score (nSPS) is 25.0. The Morgan fingerprint density at radius 3 is 2.74 bits per heavy atom. The van der Waals surface area contributed by atoms with E-state index in [2.05, 4.69) is 29.7 Å². The number of carboxylic acid groups (broad SMARTS) is 1. The number of likely N-dealkylation sites (tertiary alicyclic amines) is 1. The molecule has 2 heterocycles. The van der Waals surface area contributed by atoms with E-state index in [0.717, 1.165) is 29.7 Å². The topological polar surface area (TPSA) is 78.6 Å². The summed E-state index contributed by atoms with van der Waals surface area (Å²) in [5, 5.41) is 19.7. The summed E-state index contributed by atoms with van der Waals surface area (Å²) in [4.78, 5) is 17.2. The molecule has 2 atom stereocenters. The largest absolute Gasteiger partial charge is 0.465 e. The van der Waals surface area contributed by atoms with Crippen molar-refractivity contribution in [1.82, 2.24) is 14.5 Å². The summed E-state index contributed by atoms with van der Waals surface area (Å²) < 4.78 is 2.18. The van der Waals surface area contributed by atoms with Gasteiger partial charge in [-0.05, 0) is 43.9 Å². The van der Waals surface area contributed by atoms with Crippen molar-refractivity contribution in [3.63, 3.8) is 0 Å². The average molecular weight is 315 g/mol. The average Bonchev–Trinajstić information content (AvgIpc) is 3.29. The number of aryl methyl sites for hydroxylation is 1. The van der Waals surface area contributed by atoms with E-state index in [1.165, 1.54) is 10.5 Å². The Morgan fingerprint density at radius 1 is 1.30 bits per heavy atom. The fourth-order valence-electron chi connectivity index (χ4n) is 3.60. The summed E-state index contributed by atoms with van der Waals surface area (Å²) >= 11 is 0. The van der Waals surface area contributed by atoms with Crippen molar-refractivity contribution in [2.75, 3.05) is 13.1 Å². The van der Waals surface area contributed by atoms with Crippen LogP contribution in [0.4, 0.5) is 4.79 Å². The zero-order valence-corrected chi connectivity index (χ0v) is 13.1. The van der Waals surface area contributed by atoms with E-state index in [1.54, 1.807) is 0 Å². The lowest BCUT2D eigenvalue weighted by Crippen LogP contribution is -2.46. The number of imidazole rings is 1. The Balaban J connectivity index is 1.75. The van der Waals surface area contributed by atoms with Gasteiger partial charge in [-0.2, -0.15) is 0 Å². The molecule has 1 aromatic heterocycles. The molecule has 2 aromatic rings. The maximum Gasteiger partial charge on any atom is 0.407 e. The quantitative estimate of drug-likeness (QED) is 0.892. The van der Waals surface area contributed by atoms with Crippen LogP contribution in [0.15, 0.2) is 18.2 Å². The van der Waals surface area contributed by atoms with Gasteiger partial charge in [-0.1, -0.05) is 6.07 Å². The zero-order chi connectivity index (χ0) is 16.1. The van der Waals surface area contributed by atoms with Crippen molar-refractivity contribution < 1.29 is 15.0 Å². The minimum absolute atomic E-state index is 0.103. The molecule has 0 spiro atoms. The Bertz CT molecular complexity index is 766. The third-order valence-electron chi connectivity index (χ3n) is 4.96. The highest BCUT2D eigenvalue weighted by Gasteiger charge is 2.37. The number of benzene rings is 1. The highest BCUT2D eigenvalue weighted by Crippen LogP contribution is 2.43. The van der Waals surface area contributed by atoms with Crippen molar-refractivity contribution >= 4 is 17.1 Å². The van der Waals surface area contributed by atoms with Gasteiger partial charge in [0.1, 0.15) is 5.82 Å². The predicted octanol–water partition coefficient (Wildman–Crippen LogP) is 2.51. The van der Waals surface area contributed by atoms with Crippen molar-refractivity contribution in [1.29, 1.82) is 0 Å². The maximum atomic E-state index is 11.1. The van der Waals surface area contributed by atoms with E-state index in [1.807, 2.05) is 0 Å². The first-order chi connectivity index (χ1) is 11.0. The number of hydrogen-bond donors (Lipinski definition) is 2. The van der Waals surface area contributed by atoms with Gasteiger partial charge in [-0.3, -0.25) is 0 Å². The van der Waals surface area contributed by atoms with E-state index in [9.17, 15) is 9.90 Å². The second-order valence-electron chi connectivity index (χ2n) is 6.76. The first-order valence-corrected chi connectivity index (χ1v) is 8.19. The van der Waals surface area contributed by atoms with Gasteiger partial charge in [0.15, 0.2) is 0 Å². The van der Waals surface area contributed by atoms with Crippen LogP contribution in [0.5, 0.6) is 0 Å². The summed E-state index contributed by atoms with van der Waals surface area (Å²) in [5.41, 5.74) is 3.19. The van der Waals surface area contributed by atoms with Crippen LogP contribution in [0.25, 0.3) is 11.0 Å². The Kier molecular flexibility index (Phi) is 3.30. The van der Waals surface area contributed by atoms with E-state index in [4.69, 9.17) is 10.1 Å². The molecule has 6 heteroatoms. The highest BCUT2D eigenvalue weighted by molar-refractivity contribution is 5.77. The monoisotopic (exact) mass is 315 g/mol. The van der Waals surface area contributed by atoms with Gasteiger partial charge in [0.05, 0.1) is 29.7 Å². The minimum Gasteiger partial charge on any atom is -0.465 e. The van der Waals surface area contributed by atoms with Gasteiger partial charge in [-0.15, -0.1) is 0 Å². The second kappa shape index (κ2) is 5.23. The van der Waals surface area contributed by atoms with Crippen LogP contribution in [-0.2, 0) is 0 Å². The molecule has 23 heavy (non-hydrogen) atoms. The van der Waals surface area contributed by atoms with Gasteiger partial charge in [0.2, 0.25) is 0 Å². The Morgan fingerprint density at radius 2 is 2.09 bits per heavy atom. The number of nitrogens with zero attached hydrogens (tertiary/aromatic N) is 3. The summed E-state index contributed by atoms with van der Waals surface area (Å²) in [6.07, 6.45) is 1.25. The second-order valence-corrected chi connectivity index (χ2v) is 6.76. The maximum absolute atomic E-state index is 11.1. The van der Waals surface area contributed by atoms with Gasteiger partial charge in [0, 0.05) is 12.5 Å². The lowest BCUT2D eigenvalue weighted by molar-refractivity contribution is 0.0300. The minimum atomic E-state index is -0.962. The smallest absolute Gasteiger partial charge is 0.407 e. The lowest BCUT2D eigenvalue weighted by Gasteiger charge is -2.36. The number of aliphatic hydroxyl groups excluding tert-OH is 1. The molecule has 2 aliphatic rings. The van der Waals surface area contributed by atoms with Crippen LogP contribution in [0.2, 0.25) is 0 Å². The molecule has 1 saturated heterocycles. The van der Waals surface area contributed by atoms with Gasteiger partial charge >= 0.3 is 6.09 Å². The first kappa shape index (κ1) is 14.5. The summed E-state index contributed by atoms with van der Waals surface area (Å²) in [6.45, 7) is 2.66. The number of aromatic nitrogens is 2. The molecule has 2 unspecified atom stereocenters. The van der Waals surface area contributed by atoms with Gasteiger partial charge in [-0.25, -0.2) is 9.78 Å². The SMILES string of the molecule is Cc1ccc2c(c1)nc(C1CC1)n2C1CCN(C(=O)O)CC1O. The Hall–Kier alpha value is -2.08. The van der Waals surface area contributed by atoms with E-state index >= 15 is 0 Å². The molecule has 2 fully saturated rings. The Labute approximate surface area is 134 Å². The molecule has 1 saturated carbocycles. The number of β-amino-alcohol motifs (C(OH)–C–C–N with tert-alkyl or cyclic N) is 1. The van der Waals surface area contributed by atoms with Gasteiger partial charge in [0.25, 0.3) is 0 Å². The molecule has 2 N–H and O–H groups in total. The molecule has 4 rings (SSSR count). The summed E-state index contributed by atoms with van der Waals surface area (Å²) in [5.74, 6) is 1.53. The number of rotatable bonds is 2. The highest BCUT2D eigenvalue weighted by atomic mass is 16.4. The van der Waals surface area contributed by atoms with E-state index in [0.29, 0.717) is 18.9 Å². The van der Waals surface area contributed by atoms with Crippen molar-refractivity contribution in [3.8, 4) is 0 Å². The molecule has 6 nitrogen and oxygen atoms in total. The predicted molar refractivity (Wildman–Crippen MR) is 85.7 cm³/mol. The fourth-order valence-corrected chi connectivity index (χ4v) is 3.60. The lowest BCUT2D eigenvalue weighted by atomic mass is 10.0. The van der Waals surface area contributed by atoms with E-state index in [-0.39, 0.29) is 12.6 Å². The van der Waals surface area contributed by atoms with Crippen LogP contribution in [0.1, 0.15) is 42.6 Å². The fraction of sp³-hybridized carbons (Fsp3) is 0.529. The van der Waals surface area contributed by atoms with Crippen LogP contribution >= 0.6 is 0 Å². The molecular weight excluding hydrogens is 294 g/mol. The number of carbonyl (C=O) groups is 1. The molecule has 1 aliphatic heterocycles. The van der Waals surface area contributed by atoms with Crippen LogP contribution in [0.3, 0.4) is 0 Å². The number of piperidine rings is 1. The molecular formula is C17H21N3O3. The third kappa shape index (κ3) is 2.47. The standard InChI is InChI=1S/C17H21N3O3/c1-10-2-5-13-12(8-10)18-16(11-3-4-11)20(13)14-6-7-19(17(22)23)9-15(14)21/h2,5,8,11,14-15,21H,3-4,6-7,9H2,1H3,(H,22,23). The van der Waals surface area contributed by atoms with Crippen molar-refractivity contribution in [2.45, 2.75) is 44.2 Å². The summed E-state index contributed by atoms with van der Waals surface area (Å²) in [7, 11) is 0. The molecule has 0 bridgehead atoms. The molecule has 1 amide bonds.